The Labute approximate surface area is 60.3 Å². The molecule has 1 aromatic rings. The summed E-state index contributed by atoms with van der Waals surface area (Å²) in [4.78, 5) is 6.75. The summed E-state index contributed by atoms with van der Waals surface area (Å²) in [6, 6.07) is 1.96. The molecule has 1 aromatic heterocycles. The van der Waals surface area contributed by atoms with Crippen molar-refractivity contribution in [1.29, 1.82) is 0 Å². The predicted octanol–water partition coefficient (Wildman–Crippen LogP) is 2.38. The van der Waals surface area contributed by atoms with Gasteiger partial charge < -0.3 is 4.98 Å². The maximum absolute atomic E-state index is 3.79. The predicted molar refractivity (Wildman–Crippen MR) is 44.7 cm³/mol. The summed E-state index contributed by atoms with van der Waals surface area (Å²) in [6.07, 6.45) is 5.80. The van der Waals surface area contributed by atoms with E-state index >= 15 is 0 Å². The van der Waals surface area contributed by atoms with Crippen molar-refractivity contribution in [3.05, 3.63) is 23.9 Å². The number of aromatic nitrogens is 1. The molecular formula is C8H10N2. The summed E-state index contributed by atoms with van der Waals surface area (Å²) >= 11 is 0. The standard InChI is InChI=1S/C8H10N2/c1-3-4-7-5-6-10-8(7)9-2/h3-6,10H,2H2,1H3/b4-3-. The second-order valence-corrected chi connectivity index (χ2v) is 1.94. The molecule has 0 saturated carbocycles. The van der Waals surface area contributed by atoms with Crippen LogP contribution in [0.4, 0.5) is 5.82 Å². The summed E-state index contributed by atoms with van der Waals surface area (Å²) in [5.74, 6) is 0.832. The van der Waals surface area contributed by atoms with Gasteiger partial charge in [-0.1, -0.05) is 12.2 Å². The van der Waals surface area contributed by atoms with Crippen molar-refractivity contribution in [3.8, 4) is 0 Å². The van der Waals surface area contributed by atoms with Crippen LogP contribution in [0.1, 0.15) is 12.5 Å². The number of hydrogen-bond acceptors (Lipinski definition) is 1. The van der Waals surface area contributed by atoms with E-state index in [0.29, 0.717) is 0 Å². The van der Waals surface area contributed by atoms with Crippen LogP contribution in [0.5, 0.6) is 0 Å². The van der Waals surface area contributed by atoms with E-state index in [1.165, 1.54) is 0 Å². The van der Waals surface area contributed by atoms with Gasteiger partial charge in [0, 0.05) is 11.8 Å². The first-order chi connectivity index (χ1) is 4.88. The normalized spacial score (nSPS) is 10.5. The highest BCUT2D eigenvalue weighted by atomic mass is 14.9. The maximum atomic E-state index is 3.79. The quantitative estimate of drug-likeness (QED) is 0.601. The number of allylic oxidation sites excluding steroid dienone is 1. The lowest BCUT2D eigenvalue weighted by Gasteiger charge is -1.87. The van der Waals surface area contributed by atoms with Crippen molar-refractivity contribution in [3.63, 3.8) is 0 Å². The van der Waals surface area contributed by atoms with Gasteiger partial charge in [0.15, 0.2) is 0 Å². The fourth-order valence-electron chi connectivity index (χ4n) is 0.824. The minimum atomic E-state index is 0.832. The van der Waals surface area contributed by atoms with Crippen molar-refractivity contribution in [1.82, 2.24) is 4.98 Å². The van der Waals surface area contributed by atoms with E-state index in [9.17, 15) is 0 Å². The lowest BCUT2D eigenvalue weighted by Crippen LogP contribution is -1.64. The summed E-state index contributed by atoms with van der Waals surface area (Å²) in [5.41, 5.74) is 1.08. The SMILES string of the molecule is C=Nc1[nH]ccc1/C=C\C. The van der Waals surface area contributed by atoms with Crippen LogP contribution in [-0.4, -0.2) is 11.7 Å². The number of hydrogen-bond donors (Lipinski definition) is 1. The van der Waals surface area contributed by atoms with E-state index in [1.54, 1.807) is 0 Å². The molecule has 1 heterocycles. The number of nitrogens with zero attached hydrogens (tertiary/aromatic N) is 1. The minimum absolute atomic E-state index is 0.832. The molecule has 1 rings (SSSR count). The zero-order chi connectivity index (χ0) is 7.40. The molecule has 0 aliphatic carbocycles. The molecule has 0 unspecified atom stereocenters. The number of aromatic amines is 1. The van der Waals surface area contributed by atoms with Crippen LogP contribution < -0.4 is 0 Å². The third kappa shape index (κ3) is 1.16. The summed E-state index contributed by atoms with van der Waals surface area (Å²) in [7, 11) is 0. The molecule has 1 N–H and O–H groups in total. The number of aliphatic imine (C=N–C) groups is 1. The first kappa shape index (κ1) is 6.81. The minimum Gasteiger partial charge on any atom is -0.346 e. The van der Waals surface area contributed by atoms with Crippen molar-refractivity contribution < 1.29 is 0 Å². The first-order valence-corrected chi connectivity index (χ1v) is 3.15. The third-order valence-electron chi connectivity index (χ3n) is 1.26. The highest BCUT2D eigenvalue weighted by molar-refractivity contribution is 5.62. The molecule has 10 heavy (non-hydrogen) atoms. The van der Waals surface area contributed by atoms with Crippen LogP contribution in [0.15, 0.2) is 23.3 Å². The molecule has 2 heteroatoms. The Kier molecular flexibility index (Phi) is 2.05. The van der Waals surface area contributed by atoms with Gasteiger partial charge in [-0.3, -0.25) is 0 Å². The van der Waals surface area contributed by atoms with E-state index < -0.39 is 0 Å². The molecule has 0 aliphatic rings. The fraction of sp³-hybridized carbons (Fsp3) is 0.125. The molecule has 0 saturated heterocycles. The van der Waals surface area contributed by atoms with Gasteiger partial charge in [-0.05, 0) is 19.7 Å². The van der Waals surface area contributed by atoms with Gasteiger partial charge in [-0.2, -0.15) is 0 Å². The fourth-order valence-corrected chi connectivity index (χ4v) is 0.824. The summed E-state index contributed by atoms with van der Waals surface area (Å²) < 4.78 is 0. The third-order valence-corrected chi connectivity index (χ3v) is 1.26. The summed E-state index contributed by atoms with van der Waals surface area (Å²) in [5, 5.41) is 0. The van der Waals surface area contributed by atoms with Gasteiger partial charge in [-0.25, -0.2) is 4.99 Å². The molecule has 2 nitrogen and oxygen atoms in total. The number of H-pyrrole nitrogens is 1. The smallest absolute Gasteiger partial charge is 0.136 e. The van der Waals surface area contributed by atoms with Crippen LogP contribution in [0.25, 0.3) is 6.08 Å². The highest BCUT2D eigenvalue weighted by Gasteiger charge is 1.93. The van der Waals surface area contributed by atoms with Crippen molar-refractivity contribution in [2.75, 3.05) is 0 Å². The monoisotopic (exact) mass is 134 g/mol. The van der Waals surface area contributed by atoms with Crippen molar-refractivity contribution in [2.45, 2.75) is 6.92 Å². The van der Waals surface area contributed by atoms with Crippen molar-refractivity contribution >= 4 is 18.6 Å². The molecule has 0 amide bonds. The zero-order valence-electron chi connectivity index (χ0n) is 5.96. The van der Waals surface area contributed by atoms with E-state index in [-0.39, 0.29) is 0 Å². The van der Waals surface area contributed by atoms with Crippen LogP contribution in [0.3, 0.4) is 0 Å². The largest absolute Gasteiger partial charge is 0.346 e. The van der Waals surface area contributed by atoms with E-state index in [1.807, 2.05) is 31.3 Å². The Morgan fingerprint density at radius 2 is 2.50 bits per heavy atom. The van der Waals surface area contributed by atoms with Gasteiger partial charge in [0.1, 0.15) is 5.82 Å². The zero-order valence-corrected chi connectivity index (χ0v) is 5.96. The van der Waals surface area contributed by atoms with Gasteiger partial charge in [-0.15, -0.1) is 0 Å². The van der Waals surface area contributed by atoms with Crippen LogP contribution in [0, 0.1) is 0 Å². The molecule has 0 aliphatic heterocycles. The highest BCUT2D eigenvalue weighted by Crippen LogP contribution is 2.16. The Bertz CT molecular complexity index is 246. The lowest BCUT2D eigenvalue weighted by atomic mass is 10.3. The number of nitrogens with one attached hydrogen (secondary N) is 1. The summed E-state index contributed by atoms with van der Waals surface area (Å²) in [6.45, 7) is 5.40. The molecule has 0 spiro atoms. The molecule has 0 fully saturated rings. The topological polar surface area (TPSA) is 28.1 Å². The van der Waals surface area contributed by atoms with Crippen LogP contribution >= 0.6 is 0 Å². The lowest BCUT2D eigenvalue weighted by molar-refractivity contribution is 1.35. The Hall–Kier alpha value is -1.31. The van der Waals surface area contributed by atoms with E-state index in [0.717, 1.165) is 11.4 Å². The molecule has 0 atom stereocenters. The molecule has 0 aromatic carbocycles. The van der Waals surface area contributed by atoms with Gasteiger partial charge in [0.05, 0.1) is 0 Å². The van der Waals surface area contributed by atoms with E-state index in [2.05, 4.69) is 16.7 Å². The second kappa shape index (κ2) is 3.01. The molecule has 0 radical (unpaired) electrons. The average Bonchev–Trinajstić information content (AvgIpc) is 2.36. The molecular weight excluding hydrogens is 124 g/mol. The number of rotatable bonds is 2. The molecule has 52 valence electrons. The Balaban J connectivity index is 3.00. The van der Waals surface area contributed by atoms with Gasteiger partial charge >= 0.3 is 0 Å². The second-order valence-electron chi connectivity index (χ2n) is 1.94. The average molecular weight is 134 g/mol. The van der Waals surface area contributed by atoms with E-state index in [4.69, 9.17) is 0 Å². The maximum Gasteiger partial charge on any atom is 0.136 e. The van der Waals surface area contributed by atoms with Gasteiger partial charge in [0.2, 0.25) is 0 Å². The van der Waals surface area contributed by atoms with Gasteiger partial charge in [0.25, 0.3) is 0 Å². The van der Waals surface area contributed by atoms with Crippen LogP contribution in [0.2, 0.25) is 0 Å². The molecule has 0 bridgehead atoms. The first-order valence-electron chi connectivity index (χ1n) is 3.15. The van der Waals surface area contributed by atoms with Crippen LogP contribution in [-0.2, 0) is 0 Å². The Morgan fingerprint density at radius 1 is 1.70 bits per heavy atom. The Morgan fingerprint density at radius 3 is 3.10 bits per heavy atom. The van der Waals surface area contributed by atoms with Crippen molar-refractivity contribution in [2.24, 2.45) is 4.99 Å².